The highest BCUT2D eigenvalue weighted by molar-refractivity contribution is 7.99. The van der Waals surface area contributed by atoms with Crippen LogP contribution in [0.2, 0.25) is 0 Å². The van der Waals surface area contributed by atoms with Gasteiger partial charge in [0, 0.05) is 25.3 Å². The van der Waals surface area contributed by atoms with E-state index in [4.69, 9.17) is 4.74 Å². The second kappa shape index (κ2) is 14.3. The van der Waals surface area contributed by atoms with Gasteiger partial charge in [-0.15, -0.1) is 11.8 Å². The summed E-state index contributed by atoms with van der Waals surface area (Å²) in [5.74, 6) is 1.89. The predicted molar refractivity (Wildman–Crippen MR) is 148 cm³/mol. The minimum Gasteiger partial charge on any atom is -0.497 e. The summed E-state index contributed by atoms with van der Waals surface area (Å²) < 4.78 is 5.39. The number of amides is 2. The molecule has 0 bridgehead atoms. The summed E-state index contributed by atoms with van der Waals surface area (Å²) in [4.78, 5) is 28.9. The minimum absolute atomic E-state index is 0.0561. The van der Waals surface area contributed by atoms with Gasteiger partial charge in [-0.05, 0) is 34.7 Å². The third-order valence-corrected chi connectivity index (χ3v) is 6.77. The summed E-state index contributed by atoms with van der Waals surface area (Å²) in [7, 11) is 1.62. The number of thioether (sulfide) groups is 1. The first-order valence-corrected chi connectivity index (χ1v) is 13.5. The van der Waals surface area contributed by atoms with Crippen molar-refractivity contribution in [2.24, 2.45) is 5.92 Å². The molecule has 3 aromatic rings. The van der Waals surface area contributed by atoms with Gasteiger partial charge in [-0.25, -0.2) is 0 Å². The number of rotatable bonds is 13. The van der Waals surface area contributed by atoms with Crippen molar-refractivity contribution < 1.29 is 14.3 Å². The van der Waals surface area contributed by atoms with Crippen molar-refractivity contribution in [2.75, 3.05) is 19.4 Å². The van der Waals surface area contributed by atoms with E-state index in [1.165, 1.54) is 5.56 Å². The normalized spacial score (nSPS) is 11.7. The molecule has 3 rings (SSSR count). The van der Waals surface area contributed by atoms with Crippen LogP contribution in [0, 0.1) is 5.92 Å². The van der Waals surface area contributed by atoms with Crippen LogP contribution in [0.1, 0.15) is 30.5 Å². The highest BCUT2D eigenvalue weighted by atomic mass is 32.2. The maximum Gasteiger partial charge on any atom is 0.243 e. The lowest BCUT2D eigenvalue weighted by Crippen LogP contribution is -2.51. The van der Waals surface area contributed by atoms with Gasteiger partial charge in [0.15, 0.2) is 0 Å². The van der Waals surface area contributed by atoms with Crippen molar-refractivity contribution >= 4 is 23.6 Å². The SMILES string of the molecule is COc1cccc(CN(C(=O)CSCc2ccccc2)[C@H](Cc2ccccc2)C(=O)NCC(C)C)c1. The Balaban J connectivity index is 1.86. The summed E-state index contributed by atoms with van der Waals surface area (Å²) in [5.41, 5.74) is 3.11. The van der Waals surface area contributed by atoms with E-state index in [1.807, 2.05) is 72.8 Å². The summed E-state index contributed by atoms with van der Waals surface area (Å²) in [6.07, 6.45) is 0.448. The van der Waals surface area contributed by atoms with E-state index < -0.39 is 6.04 Å². The average molecular weight is 505 g/mol. The molecule has 0 heterocycles. The monoisotopic (exact) mass is 504 g/mol. The van der Waals surface area contributed by atoms with Crippen molar-refractivity contribution in [3.8, 4) is 5.75 Å². The van der Waals surface area contributed by atoms with Crippen molar-refractivity contribution in [2.45, 2.75) is 38.6 Å². The maximum atomic E-state index is 13.7. The fourth-order valence-corrected chi connectivity index (χ4v) is 4.73. The molecule has 5 nitrogen and oxygen atoms in total. The van der Waals surface area contributed by atoms with Crippen LogP contribution in [0.4, 0.5) is 0 Å². The summed E-state index contributed by atoms with van der Waals surface area (Å²) in [6.45, 7) is 5.01. The van der Waals surface area contributed by atoms with Crippen molar-refractivity contribution in [1.29, 1.82) is 0 Å². The Kier molecular flexibility index (Phi) is 10.9. The quantitative estimate of drug-likeness (QED) is 0.341. The van der Waals surface area contributed by atoms with Crippen LogP contribution in [0.3, 0.4) is 0 Å². The fraction of sp³-hybridized carbons (Fsp3) is 0.333. The molecule has 36 heavy (non-hydrogen) atoms. The highest BCUT2D eigenvalue weighted by Gasteiger charge is 2.30. The van der Waals surface area contributed by atoms with Gasteiger partial charge in [0.05, 0.1) is 12.9 Å². The zero-order chi connectivity index (χ0) is 25.8. The lowest BCUT2D eigenvalue weighted by Gasteiger charge is -2.32. The summed E-state index contributed by atoms with van der Waals surface area (Å²) in [5, 5.41) is 3.06. The highest BCUT2D eigenvalue weighted by Crippen LogP contribution is 2.20. The molecule has 0 fully saturated rings. The van der Waals surface area contributed by atoms with Gasteiger partial charge in [-0.2, -0.15) is 0 Å². The van der Waals surface area contributed by atoms with Crippen LogP contribution in [-0.4, -0.2) is 42.2 Å². The molecular formula is C30H36N2O3S. The van der Waals surface area contributed by atoms with Crippen molar-refractivity contribution in [3.05, 3.63) is 102 Å². The van der Waals surface area contributed by atoms with E-state index in [-0.39, 0.29) is 11.8 Å². The number of methoxy groups -OCH3 is 1. The first kappa shape index (κ1) is 27.3. The van der Waals surface area contributed by atoms with Gasteiger partial charge >= 0.3 is 0 Å². The smallest absolute Gasteiger partial charge is 0.243 e. The first-order valence-electron chi connectivity index (χ1n) is 12.3. The number of carbonyl (C=O) groups excluding carboxylic acids is 2. The van der Waals surface area contributed by atoms with Gasteiger partial charge in [-0.3, -0.25) is 9.59 Å². The van der Waals surface area contributed by atoms with Gasteiger partial charge in [-0.1, -0.05) is 86.6 Å². The summed E-state index contributed by atoms with van der Waals surface area (Å²) >= 11 is 1.57. The molecule has 6 heteroatoms. The van der Waals surface area contributed by atoms with Crippen LogP contribution in [-0.2, 0) is 28.3 Å². The van der Waals surface area contributed by atoms with E-state index in [0.717, 1.165) is 22.6 Å². The van der Waals surface area contributed by atoms with Crippen LogP contribution in [0.15, 0.2) is 84.9 Å². The molecule has 1 N–H and O–H groups in total. The Morgan fingerprint density at radius 1 is 0.889 bits per heavy atom. The number of hydrogen-bond donors (Lipinski definition) is 1. The molecule has 0 unspecified atom stereocenters. The Labute approximate surface area is 219 Å². The predicted octanol–water partition coefficient (Wildman–Crippen LogP) is 5.34. The lowest BCUT2D eigenvalue weighted by molar-refractivity contribution is -0.139. The lowest BCUT2D eigenvalue weighted by atomic mass is 10.0. The average Bonchev–Trinajstić information content (AvgIpc) is 2.90. The molecule has 0 radical (unpaired) electrons. The zero-order valence-corrected chi connectivity index (χ0v) is 22.2. The molecule has 0 spiro atoms. The first-order chi connectivity index (χ1) is 17.5. The maximum absolute atomic E-state index is 13.7. The van der Waals surface area contributed by atoms with Crippen LogP contribution >= 0.6 is 11.8 Å². The van der Waals surface area contributed by atoms with Crippen LogP contribution in [0.25, 0.3) is 0 Å². The standard InChI is InChI=1S/C30H36N2O3S/c1-23(2)19-31-30(34)28(18-24-11-6-4-7-12-24)32(20-26-15-10-16-27(17-26)35-3)29(33)22-36-21-25-13-8-5-9-14-25/h4-17,23,28H,18-22H2,1-3H3,(H,31,34)/t28-/m1/s1. The molecule has 0 aliphatic carbocycles. The molecule has 0 saturated carbocycles. The molecule has 0 aromatic heterocycles. The van der Waals surface area contributed by atoms with Gasteiger partial charge in [0.2, 0.25) is 11.8 Å². The largest absolute Gasteiger partial charge is 0.497 e. The molecule has 2 amide bonds. The molecule has 190 valence electrons. The zero-order valence-electron chi connectivity index (χ0n) is 21.4. The van der Waals surface area contributed by atoms with Crippen molar-refractivity contribution in [3.63, 3.8) is 0 Å². The van der Waals surface area contributed by atoms with Gasteiger partial charge < -0.3 is 15.0 Å². The fourth-order valence-electron chi connectivity index (χ4n) is 3.86. The Morgan fingerprint density at radius 3 is 2.17 bits per heavy atom. The molecule has 1 atom stereocenters. The van der Waals surface area contributed by atoms with Crippen LogP contribution in [0.5, 0.6) is 5.75 Å². The van der Waals surface area contributed by atoms with Crippen molar-refractivity contribution in [1.82, 2.24) is 10.2 Å². The minimum atomic E-state index is -0.623. The second-order valence-electron chi connectivity index (χ2n) is 9.20. The topological polar surface area (TPSA) is 58.6 Å². The number of nitrogens with one attached hydrogen (secondary N) is 1. The Hall–Kier alpha value is -3.25. The molecule has 0 aliphatic heterocycles. The second-order valence-corrected chi connectivity index (χ2v) is 10.2. The van der Waals surface area contributed by atoms with E-state index in [9.17, 15) is 9.59 Å². The van der Waals surface area contributed by atoms with E-state index in [0.29, 0.717) is 31.2 Å². The van der Waals surface area contributed by atoms with Gasteiger partial charge in [0.1, 0.15) is 11.8 Å². The van der Waals surface area contributed by atoms with E-state index >= 15 is 0 Å². The Morgan fingerprint density at radius 2 is 1.53 bits per heavy atom. The molecule has 0 aliphatic rings. The van der Waals surface area contributed by atoms with E-state index in [2.05, 4.69) is 31.3 Å². The number of benzene rings is 3. The molecule has 0 saturated heterocycles. The molecular weight excluding hydrogens is 468 g/mol. The number of ether oxygens (including phenoxy) is 1. The Bertz CT molecular complexity index is 1090. The van der Waals surface area contributed by atoms with E-state index in [1.54, 1.807) is 23.8 Å². The number of hydrogen-bond acceptors (Lipinski definition) is 4. The number of nitrogens with zero attached hydrogens (tertiary/aromatic N) is 1. The van der Waals surface area contributed by atoms with Gasteiger partial charge in [0.25, 0.3) is 0 Å². The summed E-state index contributed by atoms with van der Waals surface area (Å²) in [6, 6.07) is 27.0. The third-order valence-electron chi connectivity index (χ3n) is 5.78. The molecule has 3 aromatic carbocycles. The number of carbonyl (C=O) groups is 2. The van der Waals surface area contributed by atoms with Crippen LogP contribution < -0.4 is 10.1 Å². The third kappa shape index (κ3) is 8.76.